The largest absolute Gasteiger partial charge is 0.341 e. The minimum atomic E-state index is -0.434. The van der Waals surface area contributed by atoms with Crippen LogP contribution in [-0.4, -0.2) is 28.5 Å². The number of hydrogen-bond acceptors (Lipinski definition) is 2. The number of carbonyl (C=O) groups excluding carboxylic acids is 1. The third-order valence-electron chi connectivity index (χ3n) is 5.68. The normalized spacial score (nSPS) is 21.7. The SMILES string of the molecule is CC(C)(C)C(=O)N1C[C@H]2C[C@H](C1)c1c(-c3ccccc3F)ccc(=O)n1C2. The molecule has 27 heavy (non-hydrogen) atoms. The van der Waals surface area contributed by atoms with E-state index in [0.29, 0.717) is 25.2 Å². The number of amides is 1. The molecule has 142 valence electrons. The Bertz CT molecular complexity index is 958. The van der Waals surface area contributed by atoms with Crippen molar-refractivity contribution in [2.75, 3.05) is 13.1 Å². The molecule has 0 aliphatic carbocycles. The third kappa shape index (κ3) is 3.09. The van der Waals surface area contributed by atoms with E-state index in [9.17, 15) is 14.0 Å². The van der Waals surface area contributed by atoms with Crippen LogP contribution in [0.5, 0.6) is 0 Å². The Labute approximate surface area is 158 Å². The Kier molecular flexibility index (Phi) is 4.21. The molecule has 2 atom stereocenters. The number of aromatic nitrogens is 1. The number of pyridine rings is 1. The first-order valence-corrected chi connectivity index (χ1v) is 9.53. The molecule has 4 nitrogen and oxygen atoms in total. The summed E-state index contributed by atoms with van der Waals surface area (Å²) in [5, 5.41) is 0. The highest BCUT2D eigenvalue weighted by atomic mass is 19.1. The van der Waals surface area contributed by atoms with Crippen molar-refractivity contribution in [2.45, 2.75) is 39.7 Å². The summed E-state index contributed by atoms with van der Waals surface area (Å²) in [6.07, 6.45) is 0.929. The lowest BCUT2D eigenvalue weighted by Gasteiger charge is -2.45. The van der Waals surface area contributed by atoms with Crippen LogP contribution in [0.15, 0.2) is 41.2 Å². The maximum Gasteiger partial charge on any atom is 0.250 e. The first kappa shape index (κ1) is 18.0. The van der Waals surface area contributed by atoms with Crippen LogP contribution in [0, 0.1) is 17.2 Å². The predicted molar refractivity (Wildman–Crippen MR) is 103 cm³/mol. The van der Waals surface area contributed by atoms with Gasteiger partial charge in [-0.3, -0.25) is 9.59 Å². The van der Waals surface area contributed by atoms with Gasteiger partial charge in [0.1, 0.15) is 5.82 Å². The molecule has 1 amide bonds. The molecular formula is C22H25FN2O2. The molecule has 0 saturated carbocycles. The van der Waals surface area contributed by atoms with Crippen LogP contribution in [0.3, 0.4) is 0 Å². The smallest absolute Gasteiger partial charge is 0.250 e. The maximum atomic E-state index is 14.5. The molecule has 0 unspecified atom stereocenters. The zero-order valence-electron chi connectivity index (χ0n) is 16.0. The average molecular weight is 368 g/mol. The number of piperidine rings is 1. The van der Waals surface area contributed by atoms with Crippen molar-refractivity contribution >= 4 is 5.91 Å². The van der Waals surface area contributed by atoms with Gasteiger partial charge < -0.3 is 9.47 Å². The van der Waals surface area contributed by atoms with E-state index in [0.717, 1.165) is 17.7 Å². The van der Waals surface area contributed by atoms with Gasteiger partial charge in [0.15, 0.2) is 0 Å². The van der Waals surface area contributed by atoms with Crippen molar-refractivity contribution < 1.29 is 9.18 Å². The molecular weight excluding hydrogens is 343 g/mol. The van der Waals surface area contributed by atoms with Gasteiger partial charge >= 0.3 is 0 Å². The number of hydrogen-bond donors (Lipinski definition) is 0. The molecule has 0 N–H and O–H groups in total. The highest BCUT2D eigenvalue weighted by Gasteiger charge is 2.40. The molecule has 1 aromatic carbocycles. The molecule has 0 radical (unpaired) electrons. The number of carbonyl (C=O) groups is 1. The van der Waals surface area contributed by atoms with Gasteiger partial charge in [-0.25, -0.2) is 4.39 Å². The van der Waals surface area contributed by atoms with E-state index in [2.05, 4.69) is 0 Å². The summed E-state index contributed by atoms with van der Waals surface area (Å²) in [6, 6.07) is 9.94. The second kappa shape index (κ2) is 6.32. The number of halogens is 1. The zero-order chi connectivity index (χ0) is 19.3. The zero-order valence-corrected chi connectivity index (χ0v) is 16.0. The molecule has 2 aliphatic heterocycles. The highest BCUT2D eigenvalue weighted by Crippen LogP contribution is 2.41. The molecule has 4 rings (SSSR count). The lowest BCUT2D eigenvalue weighted by Crippen LogP contribution is -2.51. The molecule has 1 saturated heterocycles. The minimum absolute atomic E-state index is 0.0459. The fourth-order valence-electron chi connectivity index (χ4n) is 4.56. The van der Waals surface area contributed by atoms with Gasteiger partial charge in [-0.2, -0.15) is 0 Å². The van der Waals surface area contributed by atoms with Crippen molar-refractivity contribution in [3.63, 3.8) is 0 Å². The number of nitrogens with zero attached hydrogens (tertiary/aromatic N) is 2. The van der Waals surface area contributed by atoms with Gasteiger partial charge in [0.2, 0.25) is 5.91 Å². The topological polar surface area (TPSA) is 42.3 Å². The summed E-state index contributed by atoms with van der Waals surface area (Å²) in [5.74, 6) is 0.152. The number of likely N-dealkylation sites (tertiary alicyclic amines) is 1. The predicted octanol–water partition coefficient (Wildman–Crippen LogP) is 3.65. The average Bonchev–Trinajstić information content (AvgIpc) is 2.61. The number of rotatable bonds is 1. The molecule has 3 heterocycles. The summed E-state index contributed by atoms with van der Waals surface area (Å²) >= 11 is 0. The van der Waals surface area contributed by atoms with Crippen molar-refractivity contribution in [3.05, 3.63) is 58.3 Å². The van der Waals surface area contributed by atoms with Gasteiger partial charge in [0, 0.05) is 53.9 Å². The van der Waals surface area contributed by atoms with Gasteiger partial charge in [0.05, 0.1) is 0 Å². The van der Waals surface area contributed by atoms with Crippen LogP contribution in [0.1, 0.15) is 38.8 Å². The first-order valence-electron chi connectivity index (χ1n) is 9.53. The second-order valence-corrected chi connectivity index (χ2v) is 8.82. The van der Waals surface area contributed by atoms with Gasteiger partial charge in [-0.05, 0) is 24.5 Å². The summed E-state index contributed by atoms with van der Waals surface area (Å²) in [7, 11) is 0. The molecule has 1 aromatic heterocycles. The molecule has 2 aliphatic rings. The van der Waals surface area contributed by atoms with Crippen LogP contribution in [0.4, 0.5) is 4.39 Å². The molecule has 1 fully saturated rings. The van der Waals surface area contributed by atoms with E-state index in [1.807, 2.05) is 31.7 Å². The number of benzene rings is 1. The maximum absolute atomic E-state index is 14.5. The Morgan fingerprint density at radius 1 is 1.04 bits per heavy atom. The first-order chi connectivity index (χ1) is 12.8. The summed E-state index contributed by atoms with van der Waals surface area (Å²) in [4.78, 5) is 27.3. The van der Waals surface area contributed by atoms with Crippen molar-refractivity contribution in [1.82, 2.24) is 9.47 Å². The van der Waals surface area contributed by atoms with Crippen molar-refractivity contribution in [2.24, 2.45) is 11.3 Å². The van der Waals surface area contributed by atoms with E-state index in [4.69, 9.17) is 0 Å². The molecule has 2 aromatic rings. The monoisotopic (exact) mass is 368 g/mol. The number of fused-ring (bicyclic) bond motifs is 4. The van der Waals surface area contributed by atoms with Crippen LogP contribution < -0.4 is 5.56 Å². The van der Waals surface area contributed by atoms with Gasteiger partial charge in [-0.15, -0.1) is 0 Å². The highest BCUT2D eigenvalue weighted by molar-refractivity contribution is 5.82. The lowest BCUT2D eigenvalue weighted by atomic mass is 9.79. The Hall–Kier alpha value is -2.43. The Morgan fingerprint density at radius 3 is 2.48 bits per heavy atom. The fraction of sp³-hybridized carbons (Fsp3) is 0.455. The van der Waals surface area contributed by atoms with Crippen molar-refractivity contribution in [1.29, 1.82) is 0 Å². The van der Waals surface area contributed by atoms with E-state index >= 15 is 0 Å². The molecule has 5 heteroatoms. The lowest BCUT2D eigenvalue weighted by molar-refractivity contribution is -0.142. The Morgan fingerprint density at radius 2 is 1.78 bits per heavy atom. The summed E-state index contributed by atoms with van der Waals surface area (Å²) in [6.45, 7) is 7.65. The fourth-order valence-corrected chi connectivity index (χ4v) is 4.56. The summed E-state index contributed by atoms with van der Waals surface area (Å²) < 4.78 is 16.3. The van der Waals surface area contributed by atoms with Crippen molar-refractivity contribution in [3.8, 4) is 11.1 Å². The van der Waals surface area contributed by atoms with E-state index in [1.54, 1.807) is 22.8 Å². The van der Waals surface area contributed by atoms with Gasteiger partial charge in [0.25, 0.3) is 5.56 Å². The quantitative estimate of drug-likeness (QED) is 0.771. The minimum Gasteiger partial charge on any atom is -0.341 e. The van der Waals surface area contributed by atoms with Crippen LogP contribution in [0.25, 0.3) is 11.1 Å². The third-order valence-corrected chi connectivity index (χ3v) is 5.68. The van der Waals surface area contributed by atoms with E-state index < -0.39 is 5.41 Å². The molecule has 2 bridgehead atoms. The van der Waals surface area contributed by atoms with Crippen LogP contribution in [-0.2, 0) is 11.3 Å². The molecule has 0 spiro atoms. The standard InChI is InChI=1S/C22H25FN2O2/c1-22(2,3)21(27)24-11-14-10-15(13-24)20-17(8-9-19(26)25(20)12-14)16-6-4-5-7-18(16)23/h4-9,14-15H,10-13H2,1-3H3/t14-,15-/m1/s1. The van der Waals surface area contributed by atoms with Crippen LogP contribution in [0.2, 0.25) is 0 Å². The van der Waals surface area contributed by atoms with E-state index in [1.165, 1.54) is 12.1 Å². The van der Waals surface area contributed by atoms with Crippen LogP contribution >= 0.6 is 0 Å². The second-order valence-electron chi connectivity index (χ2n) is 8.82. The van der Waals surface area contributed by atoms with Gasteiger partial charge in [-0.1, -0.05) is 39.0 Å². The summed E-state index contributed by atoms with van der Waals surface area (Å²) in [5.41, 5.74) is 1.67. The Balaban J connectivity index is 1.81. The van der Waals surface area contributed by atoms with E-state index in [-0.39, 0.29) is 29.1 Å².